The van der Waals surface area contributed by atoms with E-state index in [9.17, 15) is 14.0 Å². The first kappa shape index (κ1) is 18.2. The summed E-state index contributed by atoms with van der Waals surface area (Å²) in [5.41, 5.74) is 2.08. The molecule has 1 heterocycles. The van der Waals surface area contributed by atoms with Crippen LogP contribution in [0.2, 0.25) is 0 Å². The maximum atomic E-state index is 13.1. The van der Waals surface area contributed by atoms with Gasteiger partial charge >= 0.3 is 0 Å². The number of nitrogens with zero attached hydrogens (tertiary/aromatic N) is 3. The van der Waals surface area contributed by atoms with E-state index in [1.807, 2.05) is 11.0 Å². The molecule has 142 valence electrons. The average Bonchev–Trinajstić information content (AvgIpc) is 3.54. The molecule has 5 nitrogen and oxygen atoms in total. The molecular weight excluding hydrogens is 357 g/mol. The molecule has 0 spiro atoms. The minimum Gasteiger partial charge on any atom is -0.339 e. The molecule has 2 aliphatic rings. The number of carbonyl (C=O) groups is 2. The first-order valence-electron chi connectivity index (χ1n) is 9.40. The second kappa shape index (κ2) is 7.43. The Bertz CT molecular complexity index is 926. The van der Waals surface area contributed by atoms with Crippen molar-refractivity contribution in [2.75, 3.05) is 26.2 Å². The van der Waals surface area contributed by atoms with Crippen LogP contribution < -0.4 is 0 Å². The first-order valence-corrected chi connectivity index (χ1v) is 9.40. The van der Waals surface area contributed by atoms with E-state index in [1.54, 1.807) is 41.3 Å². The van der Waals surface area contributed by atoms with E-state index in [0.717, 1.165) is 12.0 Å². The van der Waals surface area contributed by atoms with Crippen molar-refractivity contribution in [1.29, 1.82) is 5.26 Å². The molecule has 28 heavy (non-hydrogen) atoms. The molecular formula is C22H20FN3O2. The maximum Gasteiger partial charge on any atom is 0.253 e. The van der Waals surface area contributed by atoms with Crippen LogP contribution in [0.3, 0.4) is 0 Å². The quantitative estimate of drug-likeness (QED) is 0.826. The summed E-state index contributed by atoms with van der Waals surface area (Å²) in [7, 11) is 0. The van der Waals surface area contributed by atoms with E-state index in [0.29, 0.717) is 37.3 Å². The molecule has 2 unspecified atom stereocenters. The number of nitriles is 1. The lowest BCUT2D eigenvalue weighted by molar-refractivity contribution is -0.134. The van der Waals surface area contributed by atoms with Gasteiger partial charge in [-0.15, -0.1) is 0 Å². The number of halogens is 1. The fourth-order valence-corrected chi connectivity index (χ4v) is 3.78. The average molecular weight is 377 g/mol. The van der Waals surface area contributed by atoms with Crippen LogP contribution in [0.25, 0.3) is 0 Å². The van der Waals surface area contributed by atoms with Crippen LogP contribution in [0.4, 0.5) is 4.39 Å². The predicted molar refractivity (Wildman–Crippen MR) is 101 cm³/mol. The van der Waals surface area contributed by atoms with Crippen LogP contribution >= 0.6 is 0 Å². The van der Waals surface area contributed by atoms with Gasteiger partial charge in [0.25, 0.3) is 5.91 Å². The number of hydrogen-bond donors (Lipinski definition) is 0. The van der Waals surface area contributed by atoms with Gasteiger partial charge in [-0.1, -0.05) is 12.1 Å². The minimum atomic E-state index is -0.268. The number of benzene rings is 2. The van der Waals surface area contributed by atoms with Crippen molar-refractivity contribution in [3.05, 3.63) is 71.0 Å². The number of amides is 2. The van der Waals surface area contributed by atoms with Crippen LogP contribution in [-0.2, 0) is 4.79 Å². The second-order valence-corrected chi connectivity index (χ2v) is 7.31. The van der Waals surface area contributed by atoms with E-state index < -0.39 is 0 Å². The Hall–Kier alpha value is -3.20. The number of rotatable bonds is 3. The summed E-state index contributed by atoms with van der Waals surface area (Å²) < 4.78 is 13.1. The second-order valence-electron chi connectivity index (χ2n) is 7.31. The summed E-state index contributed by atoms with van der Waals surface area (Å²) in [4.78, 5) is 28.9. The molecule has 6 heteroatoms. The number of carbonyl (C=O) groups excluding carboxylic acids is 2. The molecule has 2 atom stereocenters. The van der Waals surface area contributed by atoms with Crippen molar-refractivity contribution in [1.82, 2.24) is 9.80 Å². The topological polar surface area (TPSA) is 64.4 Å². The summed E-state index contributed by atoms with van der Waals surface area (Å²) in [5.74, 6) is -0.0834. The summed E-state index contributed by atoms with van der Waals surface area (Å²) in [5, 5.41) is 8.85. The number of piperazine rings is 1. The van der Waals surface area contributed by atoms with Gasteiger partial charge in [-0.3, -0.25) is 9.59 Å². The summed E-state index contributed by atoms with van der Waals surface area (Å²) >= 11 is 0. The van der Waals surface area contributed by atoms with Crippen molar-refractivity contribution >= 4 is 11.8 Å². The molecule has 2 fully saturated rings. The fraction of sp³-hybridized carbons (Fsp3) is 0.318. The zero-order valence-corrected chi connectivity index (χ0v) is 15.3. The van der Waals surface area contributed by atoms with Gasteiger partial charge in [0.2, 0.25) is 5.91 Å². The zero-order valence-electron chi connectivity index (χ0n) is 15.3. The van der Waals surface area contributed by atoms with Crippen LogP contribution in [0.15, 0.2) is 48.5 Å². The Morgan fingerprint density at radius 2 is 1.54 bits per heavy atom. The van der Waals surface area contributed by atoms with E-state index in [2.05, 4.69) is 0 Å². The molecule has 0 aromatic heterocycles. The lowest BCUT2D eigenvalue weighted by Gasteiger charge is -2.35. The van der Waals surface area contributed by atoms with Crippen LogP contribution in [0.1, 0.15) is 33.8 Å². The Kier molecular flexibility index (Phi) is 4.82. The molecule has 1 saturated heterocycles. The van der Waals surface area contributed by atoms with Crippen molar-refractivity contribution in [3.63, 3.8) is 0 Å². The third-order valence-electron chi connectivity index (χ3n) is 5.55. The minimum absolute atomic E-state index is 0.0359. The van der Waals surface area contributed by atoms with Gasteiger partial charge in [0.15, 0.2) is 0 Å². The third-order valence-corrected chi connectivity index (χ3v) is 5.55. The Labute approximate surface area is 163 Å². The molecule has 0 radical (unpaired) electrons. The molecule has 2 amide bonds. The zero-order chi connectivity index (χ0) is 19.7. The highest BCUT2D eigenvalue weighted by Gasteiger charge is 2.46. The van der Waals surface area contributed by atoms with Gasteiger partial charge in [-0.05, 0) is 54.3 Å². The van der Waals surface area contributed by atoms with Gasteiger partial charge in [-0.25, -0.2) is 4.39 Å². The predicted octanol–water partition coefficient (Wildman–Crippen LogP) is 2.79. The fourth-order valence-electron chi connectivity index (χ4n) is 3.78. The molecule has 4 rings (SSSR count). The highest BCUT2D eigenvalue weighted by atomic mass is 19.1. The molecule has 1 saturated carbocycles. The van der Waals surface area contributed by atoms with Gasteiger partial charge < -0.3 is 9.80 Å². The molecule has 0 N–H and O–H groups in total. The van der Waals surface area contributed by atoms with Crippen molar-refractivity contribution < 1.29 is 14.0 Å². The normalized spacial score (nSPS) is 21.1. The van der Waals surface area contributed by atoms with E-state index in [-0.39, 0.29) is 29.5 Å². The Morgan fingerprint density at radius 1 is 0.929 bits per heavy atom. The Morgan fingerprint density at radius 3 is 2.14 bits per heavy atom. The SMILES string of the molecule is N#Cc1ccc(C(=O)N2CCN(C(=O)C3CC3c3ccc(F)cc3)CC2)cc1. The highest BCUT2D eigenvalue weighted by Crippen LogP contribution is 2.48. The lowest BCUT2D eigenvalue weighted by Crippen LogP contribution is -2.51. The molecule has 1 aliphatic carbocycles. The van der Waals surface area contributed by atoms with Crippen LogP contribution in [0, 0.1) is 23.1 Å². The van der Waals surface area contributed by atoms with Gasteiger partial charge in [0, 0.05) is 37.7 Å². The monoisotopic (exact) mass is 377 g/mol. The number of hydrogen-bond acceptors (Lipinski definition) is 3. The standard InChI is InChI=1S/C22H20FN3O2/c23-18-7-5-16(6-8-18)19-13-20(19)22(28)26-11-9-25(10-12-26)21(27)17-3-1-15(14-24)2-4-17/h1-8,19-20H,9-13H2. The van der Waals surface area contributed by atoms with E-state index >= 15 is 0 Å². The molecule has 1 aliphatic heterocycles. The van der Waals surface area contributed by atoms with Crippen molar-refractivity contribution in [3.8, 4) is 6.07 Å². The lowest BCUT2D eigenvalue weighted by atomic mass is 10.1. The first-order chi connectivity index (χ1) is 13.6. The summed E-state index contributed by atoms with van der Waals surface area (Å²) in [6.07, 6.45) is 0.800. The van der Waals surface area contributed by atoms with E-state index in [1.165, 1.54) is 12.1 Å². The third kappa shape index (κ3) is 3.61. The Balaban J connectivity index is 1.31. The van der Waals surface area contributed by atoms with Crippen molar-refractivity contribution in [2.45, 2.75) is 12.3 Å². The molecule has 0 bridgehead atoms. The largest absolute Gasteiger partial charge is 0.339 e. The van der Waals surface area contributed by atoms with Crippen LogP contribution in [-0.4, -0.2) is 47.8 Å². The molecule has 2 aromatic rings. The summed E-state index contributed by atoms with van der Waals surface area (Å²) in [6.45, 7) is 2.04. The summed E-state index contributed by atoms with van der Waals surface area (Å²) in [6, 6.07) is 15.0. The smallest absolute Gasteiger partial charge is 0.253 e. The molecule has 2 aromatic carbocycles. The van der Waals surface area contributed by atoms with Gasteiger partial charge in [0.1, 0.15) is 5.82 Å². The van der Waals surface area contributed by atoms with E-state index in [4.69, 9.17) is 5.26 Å². The van der Waals surface area contributed by atoms with Crippen molar-refractivity contribution in [2.24, 2.45) is 5.92 Å². The highest BCUT2D eigenvalue weighted by molar-refractivity contribution is 5.94. The van der Waals surface area contributed by atoms with Crippen LogP contribution in [0.5, 0.6) is 0 Å². The van der Waals surface area contributed by atoms with Gasteiger partial charge in [0.05, 0.1) is 11.6 Å². The van der Waals surface area contributed by atoms with Gasteiger partial charge in [-0.2, -0.15) is 5.26 Å². The maximum absolute atomic E-state index is 13.1.